The third-order valence-electron chi connectivity index (χ3n) is 2.03. The van der Waals surface area contributed by atoms with Gasteiger partial charge in [0.25, 0.3) is 0 Å². The van der Waals surface area contributed by atoms with Gasteiger partial charge >= 0.3 is 5.97 Å². The van der Waals surface area contributed by atoms with Crippen LogP contribution in [0.25, 0.3) is 0 Å². The predicted octanol–water partition coefficient (Wildman–Crippen LogP) is 1.70. The van der Waals surface area contributed by atoms with Crippen LogP contribution in [0.1, 0.15) is 6.92 Å². The van der Waals surface area contributed by atoms with Crippen molar-refractivity contribution >= 4 is 27.6 Å². The molecule has 0 heterocycles. The van der Waals surface area contributed by atoms with Crippen LogP contribution in [-0.4, -0.2) is 28.3 Å². The number of aliphatic hydroxyl groups is 1. The Bertz CT molecular complexity index is 369. The predicted molar refractivity (Wildman–Crippen MR) is 60.9 cm³/mol. The second kappa shape index (κ2) is 4.63. The number of aliphatic hydroxyl groups excluding tert-OH is 1. The molecule has 0 aliphatic rings. The van der Waals surface area contributed by atoms with Crippen molar-refractivity contribution < 1.29 is 15.0 Å². The highest BCUT2D eigenvalue weighted by Crippen LogP contribution is 2.19. The van der Waals surface area contributed by atoms with Crippen molar-refractivity contribution in [3.8, 4) is 0 Å². The van der Waals surface area contributed by atoms with E-state index in [0.717, 1.165) is 4.47 Å². The summed E-state index contributed by atoms with van der Waals surface area (Å²) in [5.41, 5.74) is -0.718. The van der Waals surface area contributed by atoms with Gasteiger partial charge in [0.05, 0.1) is 6.61 Å². The van der Waals surface area contributed by atoms with Crippen LogP contribution in [0, 0.1) is 0 Å². The van der Waals surface area contributed by atoms with Crippen LogP contribution in [0.5, 0.6) is 0 Å². The van der Waals surface area contributed by atoms with Crippen LogP contribution < -0.4 is 5.32 Å². The summed E-state index contributed by atoms with van der Waals surface area (Å²) in [5, 5.41) is 20.7. The number of hydrogen-bond donors (Lipinski definition) is 3. The number of halogens is 1. The van der Waals surface area contributed by atoms with Crippen molar-refractivity contribution in [2.75, 3.05) is 11.9 Å². The number of nitrogens with one attached hydrogen (secondary N) is 1. The molecule has 0 saturated heterocycles. The molecule has 5 heteroatoms. The van der Waals surface area contributed by atoms with Crippen LogP contribution in [0.4, 0.5) is 5.69 Å². The summed E-state index contributed by atoms with van der Waals surface area (Å²) in [7, 11) is 0. The first-order chi connectivity index (χ1) is 6.98. The zero-order chi connectivity index (χ0) is 11.5. The van der Waals surface area contributed by atoms with Crippen molar-refractivity contribution in [2.45, 2.75) is 12.5 Å². The fourth-order valence-electron chi connectivity index (χ4n) is 1.05. The molecule has 1 rings (SSSR count). The van der Waals surface area contributed by atoms with E-state index in [1.54, 1.807) is 18.2 Å². The van der Waals surface area contributed by atoms with Crippen molar-refractivity contribution in [1.82, 2.24) is 0 Å². The molecular formula is C10H12BrNO3. The number of carboxylic acids is 1. The topological polar surface area (TPSA) is 69.6 Å². The van der Waals surface area contributed by atoms with Gasteiger partial charge < -0.3 is 15.5 Å². The lowest BCUT2D eigenvalue weighted by molar-refractivity contribution is -0.143. The Balaban J connectivity index is 2.89. The standard InChI is InChI=1S/C10H12BrNO3/c1-10(6-13,9(14)15)12-8-4-2-3-7(11)5-8/h2-5,12-13H,6H2,1H3,(H,14,15). The summed E-state index contributed by atoms with van der Waals surface area (Å²) >= 11 is 3.28. The van der Waals surface area contributed by atoms with Gasteiger partial charge in [-0.1, -0.05) is 22.0 Å². The Morgan fingerprint density at radius 1 is 1.60 bits per heavy atom. The maximum Gasteiger partial charge on any atom is 0.331 e. The Morgan fingerprint density at radius 3 is 2.73 bits per heavy atom. The molecule has 0 aromatic heterocycles. The molecule has 0 bridgehead atoms. The van der Waals surface area contributed by atoms with E-state index in [4.69, 9.17) is 10.2 Å². The number of rotatable bonds is 4. The van der Waals surface area contributed by atoms with Crippen molar-refractivity contribution in [3.63, 3.8) is 0 Å². The Labute approximate surface area is 96.1 Å². The van der Waals surface area contributed by atoms with E-state index in [9.17, 15) is 4.79 Å². The second-order valence-corrected chi connectivity index (χ2v) is 4.35. The lowest BCUT2D eigenvalue weighted by Crippen LogP contribution is -2.46. The number of carbonyl (C=O) groups is 1. The summed E-state index contributed by atoms with van der Waals surface area (Å²) in [4.78, 5) is 10.9. The molecule has 0 aliphatic carbocycles. The largest absolute Gasteiger partial charge is 0.479 e. The van der Waals surface area contributed by atoms with E-state index in [0.29, 0.717) is 5.69 Å². The Kier molecular flexibility index (Phi) is 3.71. The van der Waals surface area contributed by atoms with E-state index in [2.05, 4.69) is 21.2 Å². The monoisotopic (exact) mass is 273 g/mol. The van der Waals surface area contributed by atoms with Crippen LogP contribution in [0.15, 0.2) is 28.7 Å². The van der Waals surface area contributed by atoms with Gasteiger partial charge in [-0.15, -0.1) is 0 Å². The number of hydrogen-bond acceptors (Lipinski definition) is 3. The second-order valence-electron chi connectivity index (χ2n) is 3.43. The molecule has 82 valence electrons. The maximum atomic E-state index is 10.9. The molecular weight excluding hydrogens is 262 g/mol. The highest BCUT2D eigenvalue weighted by Gasteiger charge is 2.32. The quantitative estimate of drug-likeness (QED) is 0.781. The highest BCUT2D eigenvalue weighted by atomic mass is 79.9. The van der Waals surface area contributed by atoms with E-state index in [-0.39, 0.29) is 0 Å². The van der Waals surface area contributed by atoms with Crippen molar-refractivity contribution in [3.05, 3.63) is 28.7 Å². The molecule has 1 aromatic carbocycles. The highest BCUT2D eigenvalue weighted by molar-refractivity contribution is 9.10. The molecule has 0 saturated carbocycles. The van der Waals surface area contributed by atoms with E-state index >= 15 is 0 Å². The maximum absolute atomic E-state index is 10.9. The number of anilines is 1. The average Bonchev–Trinajstić information content (AvgIpc) is 2.17. The molecule has 0 aliphatic heterocycles. The van der Waals surface area contributed by atoms with Crippen molar-refractivity contribution in [2.24, 2.45) is 0 Å². The first-order valence-electron chi connectivity index (χ1n) is 4.36. The summed E-state index contributed by atoms with van der Waals surface area (Å²) in [6.07, 6.45) is 0. The minimum atomic E-state index is -1.36. The molecule has 0 amide bonds. The van der Waals surface area contributed by atoms with Gasteiger partial charge in [-0.25, -0.2) is 4.79 Å². The van der Waals surface area contributed by atoms with E-state index in [1.165, 1.54) is 6.92 Å². The fraction of sp³-hybridized carbons (Fsp3) is 0.300. The van der Waals surface area contributed by atoms with E-state index < -0.39 is 18.1 Å². The minimum Gasteiger partial charge on any atom is -0.479 e. The molecule has 3 N–H and O–H groups in total. The van der Waals surface area contributed by atoms with Gasteiger partial charge in [0, 0.05) is 10.2 Å². The molecule has 0 radical (unpaired) electrons. The molecule has 1 atom stereocenters. The van der Waals surface area contributed by atoms with Gasteiger partial charge in [0.1, 0.15) is 0 Å². The zero-order valence-electron chi connectivity index (χ0n) is 8.20. The summed E-state index contributed by atoms with van der Waals surface area (Å²) in [6, 6.07) is 7.10. The van der Waals surface area contributed by atoms with Crippen LogP contribution >= 0.6 is 15.9 Å². The van der Waals surface area contributed by atoms with Gasteiger partial charge in [0.15, 0.2) is 5.54 Å². The first-order valence-corrected chi connectivity index (χ1v) is 5.15. The number of benzene rings is 1. The lowest BCUT2D eigenvalue weighted by atomic mass is 10.0. The third-order valence-corrected chi connectivity index (χ3v) is 2.53. The summed E-state index contributed by atoms with van der Waals surface area (Å²) in [5.74, 6) is -1.09. The molecule has 15 heavy (non-hydrogen) atoms. The SMILES string of the molecule is CC(CO)(Nc1cccc(Br)c1)C(=O)O. The van der Waals surface area contributed by atoms with Gasteiger partial charge in [-0.2, -0.15) is 0 Å². The van der Waals surface area contributed by atoms with E-state index in [1.807, 2.05) is 6.07 Å². The number of aliphatic carboxylic acids is 1. The lowest BCUT2D eigenvalue weighted by Gasteiger charge is -2.24. The van der Waals surface area contributed by atoms with Crippen molar-refractivity contribution in [1.29, 1.82) is 0 Å². The molecule has 4 nitrogen and oxygen atoms in total. The van der Waals surface area contributed by atoms with Crippen LogP contribution in [0.3, 0.4) is 0 Å². The number of carboxylic acid groups (broad SMARTS) is 1. The third kappa shape index (κ3) is 2.94. The van der Waals surface area contributed by atoms with Crippen LogP contribution in [0.2, 0.25) is 0 Å². The van der Waals surface area contributed by atoms with Crippen LogP contribution in [-0.2, 0) is 4.79 Å². The van der Waals surface area contributed by atoms with Gasteiger partial charge in [-0.05, 0) is 25.1 Å². The normalized spacial score (nSPS) is 14.3. The minimum absolute atomic E-state index is 0.477. The fourth-order valence-corrected chi connectivity index (χ4v) is 1.44. The van der Waals surface area contributed by atoms with Gasteiger partial charge in [-0.3, -0.25) is 0 Å². The molecule has 1 unspecified atom stereocenters. The summed E-state index contributed by atoms with van der Waals surface area (Å²) < 4.78 is 0.846. The smallest absolute Gasteiger partial charge is 0.331 e. The molecule has 0 fully saturated rings. The Hall–Kier alpha value is -1.07. The molecule has 1 aromatic rings. The molecule has 0 spiro atoms. The van der Waals surface area contributed by atoms with Gasteiger partial charge in [0.2, 0.25) is 0 Å². The summed E-state index contributed by atoms with van der Waals surface area (Å²) in [6.45, 7) is 0.949. The first kappa shape index (κ1) is 12.0. The average molecular weight is 274 g/mol. The zero-order valence-corrected chi connectivity index (χ0v) is 9.78. The Morgan fingerprint density at radius 2 is 2.27 bits per heavy atom.